The SMILES string of the molecule is CC(=O)OC(C)(C)[C@H]1CC=C(C)CC1. The molecule has 14 heavy (non-hydrogen) atoms. The number of hydrogen-bond donors (Lipinski definition) is 0. The van der Waals surface area contributed by atoms with Gasteiger partial charge in [0.25, 0.3) is 0 Å². The Bertz CT molecular complexity index is 251. The summed E-state index contributed by atoms with van der Waals surface area (Å²) in [7, 11) is 0. The molecule has 0 aromatic heterocycles. The van der Waals surface area contributed by atoms with Gasteiger partial charge in [0.15, 0.2) is 0 Å². The van der Waals surface area contributed by atoms with Gasteiger partial charge in [-0.15, -0.1) is 0 Å². The summed E-state index contributed by atoms with van der Waals surface area (Å²) in [5, 5.41) is 0. The fraction of sp³-hybridized carbons (Fsp3) is 0.750. The van der Waals surface area contributed by atoms with Gasteiger partial charge in [-0.1, -0.05) is 11.6 Å². The van der Waals surface area contributed by atoms with E-state index in [-0.39, 0.29) is 11.6 Å². The molecule has 1 aliphatic rings. The molecule has 0 aromatic rings. The third-order valence-electron chi connectivity index (χ3n) is 3.03. The Morgan fingerprint density at radius 2 is 2.21 bits per heavy atom. The molecule has 0 heterocycles. The number of rotatable bonds is 2. The minimum atomic E-state index is -0.316. The van der Waals surface area contributed by atoms with Gasteiger partial charge in [0.1, 0.15) is 5.60 Å². The lowest BCUT2D eigenvalue weighted by atomic mass is 9.79. The largest absolute Gasteiger partial charge is 0.460 e. The maximum atomic E-state index is 10.9. The number of carbonyl (C=O) groups excluding carboxylic acids is 1. The summed E-state index contributed by atoms with van der Waals surface area (Å²) in [6.45, 7) is 7.65. The standard InChI is InChI=1S/C12H20O2/c1-9-5-7-11(8-6-9)12(3,4)14-10(2)13/h5,11H,6-8H2,1-4H3/t11-/m0/s1. The molecule has 0 saturated heterocycles. The molecule has 1 atom stereocenters. The molecule has 0 bridgehead atoms. The third-order valence-corrected chi connectivity index (χ3v) is 3.03. The molecule has 0 amide bonds. The summed E-state index contributed by atoms with van der Waals surface area (Å²) in [5.74, 6) is 0.288. The molecule has 0 unspecified atom stereocenters. The first-order chi connectivity index (χ1) is 6.42. The van der Waals surface area contributed by atoms with Crippen LogP contribution in [0.3, 0.4) is 0 Å². The second-order valence-electron chi connectivity index (χ2n) is 4.72. The molecule has 1 aliphatic carbocycles. The lowest BCUT2D eigenvalue weighted by Crippen LogP contribution is -2.36. The Kier molecular flexibility index (Phi) is 3.35. The predicted molar refractivity (Wildman–Crippen MR) is 56.9 cm³/mol. The molecule has 0 saturated carbocycles. The molecule has 0 fully saturated rings. The van der Waals surface area contributed by atoms with Crippen LogP contribution in [0.15, 0.2) is 11.6 Å². The fourth-order valence-electron chi connectivity index (χ4n) is 2.05. The van der Waals surface area contributed by atoms with Crippen molar-refractivity contribution in [2.45, 2.75) is 52.6 Å². The van der Waals surface area contributed by atoms with Crippen molar-refractivity contribution in [2.24, 2.45) is 5.92 Å². The van der Waals surface area contributed by atoms with E-state index in [0.717, 1.165) is 19.3 Å². The van der Waals surface area contributed by atoms with E-state index < -0.39 is 0 Å². The van der Waals surface area contributed by atoms with E-state index in [1.54, 1.807) is 0 Å². The molecule has 80 valence electrons. The van der Waals surface area contributed by atoms with Crippen molar-refractivity contribution in [3.8, 4) is 0 Å². The van der Waals surface area contributed by atoms with Crippen LogP contribution in [0, 0.1) is 5.92 Å². The number of hydrogen-bond acceptors (Lipinski definition) is 2. The van der Waals surface area contributed by atoms with Crippen LogP contribution >= 0.6 is 0 Å². The van der Waals surface area contributed by atoms with Crippen LogP contribution in [-0.2, 0) is 9.53 Å². The van der Waals surface area contributed by atoms with Crippen LogP contribution in [0.2, 0.25) is 0 Å². The predicted octanol–water partition coefficient (Wildman–Crippen LogP) is 3.07. The van der Waals surface area contributed by atoms with Gasteiger partial charge in [0.05, 0.1) is 0 Å². The first kappa shape index (κ1) is 11.3. The maximum Gasteiger partial charge on any atom is 0.303 e. The molecule has 0 N–H and O–H groups in total. The van der Waals surface area contributed by atoms with Crippen molar-refractivity contribution in [2.75, 3.05) is 0 Å². The van der Waals surface area contributed by atoms with Gasteiger partial charge in [-0.25, -0.2) is 0 Å². The number of carbonyl (C=O) groups is 1. The van der Waals surface area contributed by atoms with Gasteiger partial charge >= 0.3 is 5.97 Å². The lowest BCUT2D eigenvalue weighted by Gasteiger charge is -2.35. The van der Waals surface area contributed by atoms with E-state index in [4.69, 9.17) is 4.74 Å². The molecular formula is C12H20O2. The van der Waals surface area contributed by atoms with Gasteiger partial charge in [0.2, 0.25) is 0 Å². The summed E-state index contributed by atoms with van der Waals surface area (Å²) in [5.41, 5.74) is 1.14. The zero-order valence-electron chi connectivity index (χ0n) is 9.59. The van der Waals surface area contributed by atoms with Crippen LogP contribution in [0.5, 0.6) is 0 Å². The lowest BCUT2D eigenvalue weighted by molar-refractivity contribution is -0.159. The Morgan fingerprint density at radius 3 is 2.64 bits per heavy atom. The van der Waals surface area contributed by atoms with Crippen molar-refractivity contribution in [3.05, 3.63) is 11.6 Å². The first-order valence-electron chi connectivity index (χ1n) is 5.27. The van der Waals surface area contributed by atoms with Crippen LogP contribution in [0.1, 0.15) is 47.0 Å². The fourth-order valence-corrected chi connectivity index (χ4v) is 2.05. The molecular weight excluding hydrogens is 176 g/mol. The van der Waals surface area contributed by atoms with Gasteiger partial charge in [-0.2, -0.15) is 0 Å². The molecule has 1 rings (SSSR count). The topological polar surface area (TPSA) is 26.3 Å². The Hall–Kier alpha value is -0.790. The Morgan fingerprint density at radius 1 is 1.57 bits per heavy atom. The summed E-state index contributed by atoms with van der Waals surface area (Å²) >= 11 is 0. The van der Waals surface area contributed by atoms with Crippen LogP contribution in [0.25, 0.3) is 0 Å². The van der Waals surface area contributed by atoms with Gasteiger partial charge in [-0.05, 0) is 40.0 Å². The highest BCUT2D eigenvalue weighted by molar-refractivity contribution is 5.66. The Balaban J connectivity index is 2.60. The third kappa shape index (κ3) is 2.86. The number of allylic oxidation sites excluding steroid dienone is 2. The average Bonchev–Trinajstić information content (AvgIpc) is 2.02. The van der Waals surface area contributed by atoms with Crippen molar-refractivity contribution >= 4 is 5.97 Å². The number of esters is 1. The first-order valence-corrected chi connectivity index (χ1v) is 5.27. The van der Waals surface area contributed by atoms with Crippen LogP contribution in [0.4, 0.5) is 0 Å². The smallest absolute Gasteiger partial charge is 0.303 e. The van der Waals surface area contributed by atoms with E-state index in [2.05, 4.69) is 13.0 Å². The van der Waals surface area contributed by atoms with E-state index >= 15 is 0 Å². The van der Waals surface area contributed by atoms with Crippen LogP contribution < -0.4 is 0 Å². The highest BCUT2D eigenvalue weighted by atomic mass is 16.6. The van der Waals surface area contributed by atoms with Crippen molar-refractivity contribution in [3.63, 3.8) is 0 Å². The summed E-state index contributed by atoms with van der Waals surface area (Å²) < 4.78 is 5.34. The van der Waals surface area contributed by atoms with Crippen molar-refractivity contribution in [1.29, 1.82) is 0 Å². The summed E-state index contributed by atoms with van der Waals surface area (Å²) in [6.07, 6.45) is 5.56. The van der Waals surface area contributed by atoms with Crippen molar-refractivity contribution < 1.29 is 9.53 Å². The zero-order valence-corrected chi connectivity index (χ0v) is 9.59. The van der Waals surface area contributed by atoms with E-state index in [9.17, 15) is 4.79 Å². The van der Waals surface area contributed by atoms with Gasteiger partial charge in [0, 0.05) is 12.8 Å². The van der Waals surface area contributed by atoms with E-state index in [0.29, 0.717) is 5.92 Å². The normalized spacial score (nSPS) is 22.9. The maximum absolute atomic E-state index is 10.9. The minimum absolute atomic E-state index is 0.179. The van der Waals surface area contributed by atoms with Crippen LogP contribution in [-0.4, -0.2) is 11.6 Å². The highest BCUT2D eigenvalue weighted by Gasteiger charge is 2.32. The summed E-state index contributed by atoms with van der Waals surface area (Å²) in [6, 6.07) is 0. The van der Waals surface area contributed by atoms with E-state index in [1.807, 2.05) is 13.8 Å². The Labute approximate surface area is 86.3 Å². The second kappa shape index (κ2) is 4.16. The molecule has 0 radical (unpaired) electrons. The molecule has 2 heteroatoms. The molecule has 0 spiro atoms. The van der Waals surface area contributed by atoms with Gasteiger partial charge < -0.3 is 4.74 Å². The van der Waals surface area contributed by atoms with Gasteiger partial charge in [-0.3, -0.25) is 4.79 Å². The highest BCUT2D eigenvalue weighted by Crippen LogP contribution is 2.33. The molecule has 0 aromatic carbocycles. The summed E-state index contributed by atoms with van der Waals surface area (Å²) in [4.78, 5) is 10.9. The second-order valence-corrected chi connectivity index (χ2v) is 4.72. The number of ether oxygens (including phenoxy) is 1. The average molecular weight is 196 g/mol. The monoisotopic (exact) mass is 196 g/mol. The molecule has 0 aliphatic heterocycles. The minimum Gasteiger partial charge on any atom is -0.460 e. The molecule has 2 nitrogen and oxygen atoms in total. The van der Waals surface area contributed by atoms with Crippen molar-refractivity contribution in [1.82, 2.24) is 0 Å². The van der Waals surface area contributed by atoms with E-state index in [1.165, 1.54) is 12.5 Å². The zero-order chi connectivity index (χ0) is 10.8. The quantitative estimate of drug-likeness (QED) is 0.501.